The summed E-state index contributed by atoms with van der Waals surface area (Å²) in [5.41, 5.74) is 2.39. The molecule has 0 amide bonds. The molecule has 0 radical (unpaired) electrons. The number of alkyl halides is 2. The van der Waals surface area contributed by atoms with Gasteiger partial charge in [-0.2, -0.15) is 0 Å². The molecule has 2 aromatic rings. The van der Waals surface area contributed by atoms with Crippen LogP contribution < -0.4 is 4.90 Å². The van der Waals surface area contributed by atoms with Crippen LogP contribution >= 0.6 is 0 Å². The molecule has 4 nitrogen and oxygen atoms in total. The van der Waals surface area contributed by atoms with Crippen molar-refractivity contribution in [3.05, 3.63) is 47.7 Å². The molecule has 1 saturated heterocycles. The lowest BCUT2D eigenvalue weighted by Crippen LogP contribution is -2.43. The Kier molecular flexibility index (Phi) is 4.06. The second-order valence-electron chi connectivity index (χ2n) is 7.08. The molecule has 132 valence electrons. The summed E-state index contributed by atoms with van der Waals surface area (Å²) in [6, 6.07) is -0.0262. The predicted octanol–water partition coefficient (Wildman–Crippen LogP) is 4.34. The van der Waals surface area contributed by atoms with Crippen molar-refractivity contribution in [3.63, 3.8) is 0 Å². The number of aromatic nitrogens is 3. The minimum absolute atomic E-state index is 0.0262. The molecular weight excluding hydrogens is 322 g/mol. The lowest BCUT2D eigenvalue weighted by Gasteiger charge is -2.40. The van der Waals surface area contributed by atoms with Crippen molar-refractivity contribution in [2.24, 2.45) is 0 Å². The van der Waals surface area contributed by atoms with Gasteiger partial charge in [-0.1, -0.05) is 26.0 Å². The number of fused-ring (bicyclic) bond motifs is 2. The van der Waals surface area contributed by atoms with Crippen molar-refractivity contribution in [1.29, 1.82) is 0 Å². The maximum atomic E-state index is 13.2. The third kappa shape index (κ3) is 2.73. The van der Waals surface area contributed by atoms with Crippen molar-refractivity contribution in [2.75, 3.05) is 11.4 Å². The molecule has 0 N–H and O–H groups in total. The van der Waals surface area contributed by atoms with Crippen molar-refractivity contribution in [1.82, 2.24) is 14.4 Å². The number of piperidine rings is 1. The summed E-state index contributed by atoms with van der Waals surface area (Å²) < 4.78 is 28.5. The Balaban J connectivity index is 1.78. The summed E-state index contributed by atoms with van der Waals surface area (Å²) in [4.78, 5) is 11.3. The molecule has 0 bridgehead atoms. The molecule has 1 unspecified atom stereocenters. The van der Waals surface area contributed by atoms with Crippen LogP contribution in [-0.2, 0) is 0 Å². The monoisotopic (exact) mass is 344 g/mol. The van der Waals surface area contributed by atoms with E-state index < -0.39 is 6.43 Å². The van der Waals surface area contributed by atoms with Gasteiger partial charge in [-0.3, -0.25) is 9.38 Å². The molecule has 1 aliphatic carbocycles. The van der Waals surface area contributed by atoms with Gasteiger partial charge in [0.15, 0.2) is 5.82 Å². The largest absolute Gasteiger partial charge is 0.348 e. The molecule has 1 aliphatic heterocycles. The van der Waals surface area contributed by atoms with Crippen LogP contribution in [0.4, 0.5) is 14.6 Å². The van der Waals surface area contributed by atoms with Crippen molar-refractivity contribution >= 4 is 11.3 Å². The van der Waals surface area contributed by atoms with Gasteiger partial charge in [-0.05, 0) is 30.4 Å². The fraction of sp³-hybridized carbons (Fsp3) is 0.474. The van der Waals surface area contributed by atoms with E-state index in [-0.39, 0.29) is 17.5 Å². The first-order valence-corrected chi connectivity index (χ1v) is 8.82. The lowest BCUT2D eigenvalue weighted by atomic mass is 9.86. The standard InChI is InChI=1S/C19H22F2N4/c1-12(2)18-23-19(16-11-22-7-9-25(16)18)24-8-3-4-13-5-6-14(17(20)21)10-15(13)24/h5-7,9,11-12,15,17H,3-4,8,10H2,1-2H3. The fourth-order valence-corrected chi connectivity index (χ4v) is 3.90. The highest BCUT2D eigenvalue weighted by Gasteiger charge is 2.33. The van der Waals surface area contributed by atoms with Gasteiger partial charge in [0.25, 0.3) is 6.43 Å². The number of rotatable bonds is 3. The second kappa shape index (κ2) is 6.24. The minimum atomic E-state index is -2.40. The van der Waals surface area contributed by atoms with E-state index in [1.165, 1.54) is 5.57 Å². The molecular formula is C19H22F2N4. The molecule has 4 rings (SSSR count). The number of nitrogens with zero attached hydrogens (tertiary/aromatic N) is 4. The first-order valence-electron chi connectivity index (χ1n) is 8.82. The van der Waals surface area contributed by atoms with Crippen LogP contribution in [0.1, 0.15) is 44.9 Å². The number of anilines is 1. The summed E-state index contributed by atoms with van der Waals surface area (Å²) in [5.74, 6) is 2.11. The summed E-state index contributed by atoms with van der Waals surface area (Å²) >= 11 is 0. The molecule has 1 atom stereocenters. The Labute approximate surface area is 145 Å². The predicted molar refractivity (Wildman–Crippen MR) is 94.2 cm³/mol. The zero-order chi connectivity index (χ0) is 17.6. The molecule has 2 aliphatic rings. The molecule has 2 aromatic heterocycles. The Hall–Kier alpha value is -2.24. The van der Waals surface area contributed by atoms with E-state index in [1.54, 1.807) is 12.3 Å². The Morgan fingerprint density at radius 2 is 2.08 bits per heavy atom. The maximum Gasteiger partial charge on any atom is 0.260 e. The topological polar surface area (TPSA) is 33.4 Å². The third-order valence-corrected chi connectivity index (χ3v) is 5.13. The van der Waals surface area contributed by atoms with Crippen LogP contribution in [0.25, 0.3) is 5.52 Å². The molecule has 0 spiro atoms. The van der Waals surface area contributed by atoms with Gasteiger partial charge in [0.1, 0.15) is 11.3 Å². The van der Waals surface area contributed by atoms with Crippen LogP contribution in [0.2, 0.25) is 0 Å². The average Bonchev–Trinajstić information content (AvgIpc) is 3.00. The van der Waals surface area contributed by atoms with Gasteiger partial charge in [-0.15, -0.1) is 0 Å². The lowest BCUT2D eigenvalue weighted by molar-refractivity contribution is 0.182. The van der Waals surface area contributed by atoms with E-state index in [2.05, 4.69) is 28.1 Å². The van der Waals surface area contributed by atoms with Crippen molar-refractivity contribution < 1.29 is 8.78 Å². The highest BCUT2D eigenvalue weighted by atomic mass is 19.3. The Morgan fingerprint density at radius 3 is 2.84 bits per heavy atom. The van der Waals surface area contributed by atoms with Crippen LogP contribution in [0.15, 0.2) is 41.9 Å². The van der Waals surface area contributed by atoms with Gasteiger partial charge >= 0.3 is 0 Å². The van der Waals surface area contributed by atoms with Crippen LogP contribution in [-0.4, -0.2) is 33.4 Å². The SMILES string of the molecule is CC(C)c1nc(N2CCCC3=CC=C(C(F)F)CC32)c2cnccn12. The zero-order valence-electron chi connectivity index (χ0n) is 14.5. The molecule has 1 fully saturated rings. The summed E-state index contributed by atoms with van der Waals surface area (Å²) in [6.45, 7) is 5.05. The number of imidazole rings is 1. The highest BCUT2D eigenvalue weighted by Crippen LogP contribution is 2.37. The van der Waals surface area contributed by atoms with Crippen LogP contribution in [0.5, 0.6) is 0 Å². The smallest absolute Gasteiger partial charge is 0.260 e. The zero-order valence-corrected chi connectivity index (χ0v) is 14.5. The average molecular weight is 344 g/mol. The van der Waals surface area contributed by atoms with E-state index in [9.17, 15) is 8.78 Å². The number of allylic oxidation sites excluding steroid dienone is 2. The Bertz CT molecular complexity index is 850. The first kappa shape index (κ1) is 16.2. The van der Waals surface area contributed by atoms with E-state index >= 15 is 0 Å². The number of hydrogen-bond acceptors (Lipinski definition) is 3. The van der Waals surface area contributed by atoms with E-state index in [4.69, 9.17) is 4.98 Å². The van der Waals surface area contributed by atoms with Crippen molar-refractivity contribution in [2.45, 2.75) is 51.5 Å². The van der Waals surface area contributed by atoms with Crippen LogP contribution in [0.3, 0.4) is 0 Å². The quantitative estimate of drug-likeness (QED) is 0.830. The van der Waals surface area contributed by atoms with E-state index in [0.29, 0.717) is 6.42 Å². The minimum Gasteiger partial charge on any atom is -0.348 e. The number of halogens is 2. The van der Waals surface area contributed by atoms with Gasteiger partial charge in [0.05, 0.1) is 12.2 Å². The van der Waals surface area contributed by atoms with E-state index in [1.807, 2.05) is 18.5 Å². The second-order valence-corrected chi connectivity index (χ2v) is 7.08. The first-order chi connectivity index (χ1) is 12.1. The number of hydrogen-bond donors (Lipinski definition) is 0. The maximum absolute atomic E-state index is 13.2. The summed E-state index contributed by atoms with van der Waals surface area (Å²) in [6.07, 6.45) is 8.95. The van der Waals surface area contributed by atoms with Gasteiger partial charge in [0, 0.05) is 24.9 Å². The van der Waals surface area contributed by atoms with E-state index in [0.717, 1.165) is 36.5 Å². The van der Waals surface area contributed by atoms with Gasteiger partial charge in [0.2, 0.25) is 0 Å². The summed E-state index contributed by atoms with van der Waals surface area (Å²) in [5, 5.41) is 0. The fourth-order valence-electron chi connectivity index (χ4n) is 3.90. The highest BCUT2D eigenvalue weighted by molar-refractivity contribution is 5.71. The molecule has 0 saturated carbocycles. The normalized spacial score (nSPS) is 20.9. The van der Waals surface area contributed by atoms with Crippen LogP contribution in [0, 0.1) is 0 Å². The molecule has 0 aromatic carbocycles. The Morgan fingerprint density at radius 1 is 1.24 bits per heavy atom. The van der Waals surface area contributed by atoms with Gasteiger partial charge < -0.3 is 4.90 Å². The molecule has 25 heavy (non-hydrogen) atoms. The molecule has 3 heterocycles. The summed E-state index contributed by atoms with van der Waals surface area (Å²) in [7, 11) is 0. The van der Waals surface area contributed by atoms with Crippen molar-refractivity contribution in [3.8, 4) is 0 Å². The van der Waals surface area contributed by atoms with Gasteiger partial charge in [-0.25, -0.2) is 13.8 Å². The molecule has 6 heteroatoms. The third-order valence-electron chi connectivity index (χ3n) is 5.13.